The fraction of sp³-hybridized carbons (Fsp3) is 0.667. The number of carbonyl (C=O) groups excluding carboxylic acids is 1. The van der Waals surface area contributed by atoms with Gasteiger partial charge in [-0.2, -0.15) is 0 Å². The van der Waals surface area contributed by atoms with Gasteiger partial charge >= 0.3 is 0 Å². The number of hydrogen-bond donors (Lipinski definition) is 0. The van der Waals surface area contributed by atoms with Crippen molar-refractivity contribution in [2.45, 2.75) is 26.7 Å². The first-order chi connectivity index (χ1) is 5.31. The molecular weight excluding hydrogens is 140 g/mol. The third-order valence-electron chi connectivity index (χ3n) is 1.27. The highest BCUT2D eigenvalue weighted by molar-refractivity contribution is 5.83. The van der Waals surface area contributed by atoms with Crippen molar-refractivity contribution in [3.8, 4) is 0 Å². The molecule has 1 aliphatic rings. The van der Waals surface area contributed by atoms with Crippen LogP contribution in [0.3, 0.4) is 0 Å². The lowest BCUT2D eigenvalue weighted by Crippen LogP contribution is -1.84. The molecule has 0 heterocycles. The van der Waals surface area contributed by atoms with Crippen molar-refractivity contribution in [1.29, 1.82) is 0 Å². The monoisotopic (exact) mass is 156 g/mol. The molecule has 0 radical (unpaired) electrons. The minimum Gasteiger partial charge on any atom is -0.382 e. The Labute approximate surface area is 68.2 Å². The van der Waals surface area contributed by atoms with Crippen LogP contribution in [0.15, 0.2) is 12.2 Å². The van der Waals surface area contributed by atoms with E-state index in [1.54, 1.807) is 0 Å². The number of ketones is 1. The van der Waals surface area contributed by atoms with Gasteiger partial charge in [0.25, 0.3) is 0 Å². The quantitative estimate of drug-likeness (QED) is 0.571. The summed E-state index contributed by atoms with van der Waals surface area (Å²) in [5.74, 6) is 0.343. The van der Waals surface area contributed by atoms with Crippen LogP contribution < -0.4 is 0 Å². The Bertz CT molecular complexity index is 116. The third-order valence-corrected chi connectivity index (χ3v) is 1.27. The van der Waals surface area contributed by atoms with Crippen LogP contribution in [0.25, 0.3) is 0 Å². The van der Waals surface area contributed by atoms with Crippen LogP contribution in [0, 0.1) is 0 Å². The Hall–Kier alpha value is -0.630. The molecule has 1 rings (SSSR count). The zero-order chi connectivity index (χ0) is 8.53. The van der Waals surface area contributed by atoms with Crippen LogP contribution in [0.1, 0.15) is 26.7 Å². The molecule has 2 heteroatoms. The zero-order valence-corrected chi connectivity index (χ0v) is 7.30. The summed E-state index contributed by atoms with van der Waals surface area (Å²) >= 11 is 0. The number of ether oxygens (including phenoxy) is 1. The molecule has 0 aromatic rings. The summed E-state index contributed by atoms with van der Waals surface area (Å²) in [6.45, 7) is 5.67. The van der Waals surface area contributed by atoms with Gasteiger partial charge in [0.2, 0.25) is 0 Å². The van der Waals surface area contributed by atoms with E-state index in [9.17, 15) is 4.79 Å². The summed E-state index contributed by atoms with van der Waals surface area (Å²) in [6.07, 6.45) is 5.14. The minimum absolute atomic E-state index is 0.343. The number of hydrogen-bond acceptors (Lipinski definition) is 2. The van der Waals surface area contributed by atoms with E-state index < -0.39 is 0 Å². The van der Waals surface area contributed by atoms with Gasteiger partial charge in [0, 0.05) is 26.1 Å². The van der Waals surface area contributed by atoms with E-state index in [4.69, 9.17) is 4.74 Å². The van der Waals surface area contributed by atoms with E-state index in [-0.39, 0.29) is 0 Å². The molecule has 0 saturated carbocycles. The highest BCUT2D eigenvalue weighted by Gasteiger charge is 1.99. The second kappa shape index (κ2) is 7.48. The number of allylic oxidation sites excluding steroid dienone is 2. The molecule has 0 aliphatic heterocycles. The average molecular weight is 156 g/mol. The minimum atomic E-state index is 0.343. The van der Waals surface area contributed by atoms with Crippen molar-refractivity contribution in [1.82, 2.24) is 0 Å². The molecule has 0 bridgehead atoms. The highest BCUT2D eigenvalue weighted by atomic mass is 16.5. The molecule has 1 aliphatic carbocycles. The number of carbonyl (C=O) groups is 1. The van der Waals surface area contributed by atoms with E-state index >= 15 is 0 Å². The third kappa shape index (κ3) is 7.26. The van der Waals surface area contributed by atoms with Gasteiger partial charge in [-0.1, -0.05) is 12.2 Å². The lowest BCUT2D eigenvalue weighted by Gasteiger charge is -1.86. The number of Topliss-reactive ketones (excluding diaryl/α,β-unsaturated/α-hetero) is 1. The van der Waals surface area contributed by atoms with Crippen molar-refractivity contribution >= 4 is 5.78 Å². The van der Waals surface area contributed by atoms with Crippen molar-refractivity contribution in [2.24, 2.45) is 0 Å². The Morgan fingerprint density at radius 2 is 1.73 bits per heavy atom. The predicted molar refractivity (Wildman–Crippen MR) is 45.5 cm³/mol. The van der Waals surface area contributed by atoms with Gasteiger partial charge < -0.3 is 4.74 Å². The summed E-state index contributed by atoms with van der Waals surface area (Å²) in [7, 11) is 0. The van der Waals surface area contributed by atoms with E-state index in [1.807, 2.05) is 26.0 Å². The molecule has 0 amide bonds. The first-order valence-electron chi connectivity index (χ1n) is 4.05. The van der Waals surface area contributed by atoms with Gasteiger partial charge in [-0.25, -0.2) is 0 Å². The van der Waals surface area contributed by atoms with Gasteiger partial charge in [-0.3, -0.25) is 4.79 Å². The maximum Gasteiger partial charge on any atom is 0.140 e. The van der Waals surface area contributed by atoms with Crippen molar-refractivity contribution in [2.75, 3.05) is 13.2 Å². The van der Waals surface area contributed by atoms with E-state index in [1.165, 1.54) is 0 Å². The summed E-state index contributed by atoms with van der Waals surface area (Å²) in [5.41, 5.74) is 0. The SMILES string of the molecule is CCOCC.O=C1CC=CC1. The van der Waals surface area contributed by atoms with Crippen molar-refractivity contribution in [3.63, 3.8) is 0 Å². The van der Waals surface area contributed by atoms with Gasteiger partial charge in [0.05, 0.1) is 0 Å². The molecule has 0 spiro atoms. The molecule has 0 N–H and O–H groups in total. The first-order valence-corrected chi connectivity index (χ1v) is 4.05. The molecule has 11 heavy (non-hydrogen) atoms. The Kier molecular flexibility index (Phi) is 7.05. The van der Waals surface area contributed by atoms with Crippen LogP contribution in [0.4, 0.5) is 0 Å². The van der Waals surface area contributed by atoms with E-state index in [0.717, 1.165) is 13.2 Å². The van der Waals surface area contributed by atoms with Gasteiger partial charge in [0.15, 0.2) is 0 Å². The lowest BCUT2D eigenvalue weighted by atomic mass is 10.3. The summed E-state index contributed by atoms with van der Waals surface area (Å²) in [6, 6.07) is 0. The standard InChI is InChI=1S/C5H6O.C4H10O/c6-5-3-1-2-4-5;1-3-5-4-2/h1-2H,3-4H2;3-4H2,1-2H3. The van der Waals surface area contributed by atoms with Crippen LogP contribution in [-0.4, -0.2) is 19.0 Å². The van der Waals surface area contributed by atoms with E-state index in [0.29, 0.717) is 18.6 Å². The summed E-state index contributed by atoms with van der Waals surface area (Å²) in [4.78, 5) is 10.2. The Morgan fingerprint density at radius 1 is 1.27 bits per heavy atom. The highest BCUT2D eigenvalue weighted by Crippen LogP contribution is 2.00. The molecule has 64 valence electrons. The average Bonchev–Trinajstić information content (AvgIpc) is 2.43. The molecule has 0 fully saturated rings. The summed E-state index contributed by atoms with van der Waals surface area (Å²) in [5, 5.41) is 0. The van der Waals surface area contributed by atoms with Gasteiger partial charge in [0.1, 0.15) is 5.78 Å². The largest absolute Gasteiger partial charge is 0.382 e. The molecule has 0 saturated heterocycles. The predicted octanol–water partition coefficient (Wildman–Crippen LogP) is 1.95. The maximum atomic E-state index is 10.2. The second-order valence-corrected chi connectivity index (χ2v) is 2.20. The lowest BCUT2D eigenvalue weighted by molar-refractivity contribution is -0.116. The molecule has 0 unspecified atom stereocenters. The topological polar surface area (TPSA) is 26.3 Å². The van der Waals surface area contributed by atoms with Crippen molar-refractivity contribution < 1.29 is 9.53 Å². The molecule has 0 aromatic heterocycles. The Morgan fingerprint density at radius 3 is 1.82 bits per heavy atom. The van der Waals surface area contributed by atoms with Crippen LogP contribution in [0.2, 0.25) is 0 Å². The van der Waals surface area contributed by atoms with Crippen molar-refractivity contribution in [3.05, 3.63) is 12.2 Å². The van der Waals surface area contributed by atoms with Crippen LogP contribution >= 0.6 is 0 Å². The summed E-state index contributed by atoms with van der Waals surface area (Å²) < 4.78 is 4.83. The Balaban J connectivity index is 0.000000187. The normalized spacial score (nSPS) is 14.5. The fourth-order valence-electron chi connectivity index (χ4n) is 0.717. The molecule has 0 aromatic carbocycles. The smallest absolute Gasteiger partial charge is 0.140 e. The van der Waals surface area contributed by atoms with E-state index in [2.05, 4.69) is 0 Å². The number of rotatable bonds is 2. The fourth-order valence-corrected chi connectivity index (χ4v) is 0.717. The second-order valence-electron chi connectivity index (χ2n) is 2.20. The first kappa shape index (κ1) is 10.4. The van der Waals surface area contributed by atoms with Crippen LogP contribution in [-0.2, 0) is 9.53 Å². The van der Waals surface area contributed by atoms with Gasteiger partial charge in [-0.15, -0.1) is 0 Å². The maximum absolute atomic E-state index is 10.2. The van der Waals surface area contributed by atoms with Gasteiger partial charge in [-0.05, 0) is 13.8 Å². The molecule has 0 atom stereocenters. The zero-order valence-electron chi connectivity index (χ0n) is 7.30. The molecular formula is C9H16O2. The van der Waals surface area contributed by atoms with Crippen LogP contribution in [0.5, 0.6) is 0 Å². The molecule has 2 nitrogen and oxygen atoms in total.